The van der Waals surface area contributed by atoms with E-state index in [9.17, 15) is 4.39 Å². The van der Waals surface area contributed by atoms with E-state index in [1.54, 1.807) is 12.1 Å². The highest BCUT2D eigenvalue weighted by molar-refractivity contribution is 5.46. The number of piperidine rings is 1. The van der Waals surface area contributed by atoms with Crippen molar-refractivity contribution in [3.63, 3.8) is 0 Å². The summed E-state index contributed by atoms with van der Waals surface area (Å²) in [4.78, 5) is 2.23. The number of hydrogen-bond donors (Lipinski definition) is 1. The molecule has 0 saturated carbocycles. The van der Waals surface area contributed by atoms with Crippen LogP contribution in [0, 0.1) is 5.82 Å². The van der Waals surface area contributed by atoms with Crippen molar-refractivity contribution < 1.29 is 4.39 Å². The lowest BCUT2D eigenvalue weighted by Gasteiger charge is -2.33. The van der Waals surface area contributed by atoms with Gasteiger partial charge in [0.05, 0.1) is 0 Å². The number of nitrogens with one attached hydrogen (secondary N) is 1. The summed E-state index contributed by atoms with van der Waals surface area (Å²) in [5.41, 5.74) is 1.60. The lowest BCUT2D eigenvalue weighted by molar-refractivity contribution is 0.520. The first-order valence-electron chi connectivity index (χ1n) is 7.60. The molecule has 118 valence electrons. The van der Waals surface area contributed by atoms with E-state index in [2.05, 4.69) is 30.8 Å². The van der Waals surface area contributed by atoms with Gasteiger partial charge in [0, 0.05) is 24.8 Å². The molecule has 0 aliphatic carbocycles. The van der Waals surface area contributed by atoms with Crippen LogP contribution in [0.2, 0.25) is 0 Å². The average molecular weight is 313 g/mol. The maximum atomic E-state index is 12.9. The number of fused-ring (bicyclic) bond motifs is 1. The fourth-order valence-electron chi connectivity index (χ4n) is 2.84. The number of aromatic nitrogens is 5. The zero-order chi connectivity index (χ0) is 15.6. The van der Waals surface area contributed by atoms with Crippen LogP contribution >= 0.6 is 0 Å². The second-order valence-corrected chi connectivity index (χ2v) is 5.63. The fraction of sp³-hybridized carbons (Fsp3) is 0.333. The maximum absolute atomic E-state index is 12.9. The Kier molecular flexibility index (Phi) is 3.49. The topological polar surface area (TPSA) is 71.2 Å². The molecule has 0 amide bonds. The molecule has 0 unspecified atom stereocenters. The molecule has 2 aromatic heterocycles. The zero-order valence-electron chi connectivity index (χ0n) is 12.4. The van der Waals surface area contributed by atoms with E-state index in [4.69, 9.17) is 0 Å². The van der Waals surface area contributed by atoms with Crippen molar-refractivity contribution in [1.29, 1.82) is 0 Å². The largest absolute Gasteiger partial charge is 0.382 e. The van der Waals surface area contributed by atoms with Crippen LogP contribution in [0.1, 0.15) is 12.8 Å². The van der Waals surface area contributed by atoms with Gasteiger partial charge in [-0.15, -0.1) is 14.8 Å². The second-order valence-electron chi connectivity index (χ2n) is 5.63. The van der Waals surface area contributed by atoms with Gasteiger partial charge in [0.1, 0.15) is 5.82 Å². The van der Waals surface area contributed by atoms with Crippen LogP contribution in [0.25, 0.3) is 5.65 Å². The highest BCUT2D eigenvalue weighted by Crippen LogP contribution is 2.20. The first-order chi connectivity index (χ1) is 11.3. The van der Waals surface area contributed by atoms with Gasteiger partial charge in [-0.1, -0.05) is 0 Å². The number of anilines is 2. The van der Waals surface area contributed by atoms with Crippen LogP contribution in [0.15, 0.2) is 36.4 Å². The highest BCUT2D eigenvalue weighted by atomic mass is 19.1. The Morgan fingerprint density at radius 2 is 1.83 bits per heavy atom. The molecule has 1 aliphatic rings. The third kappa shape index (κ3) is 2.92. The Hall–Kier alpha value is -2.77. The van der Waals surface area contributed by atoms with Gasteiger partial charge in [0.2, 0.25) is 0 Å². The molecule has 3 heterocycles. The zero-order valence-corrected chi connectivity index (χ0v) is 12.4. The molecule has 8 heteroatoms. The van der Waals surface area contributed by atoms with Crippen LogP contribution in [0.4, 0.5) is 15.9 Å². The van der Waals surface area contributed by atoms with Gasteiger partial charge in [-0.25, -0.2) is 4.39 Å². The molecular formula is C15H16FN7. The predicted molar refractivity (Wildman–Crippen MR) is 83.8 cm³/mol. The van der Waals surface area contributed by atoms with Gasteiger partial charge < -0.3 is 10.2 Å². The van der Waals surface area contributed by atoms with Crippen LogP contribution in [0.3, 0.4) is 0 Å². The summed E-state index contributed by atoms with van der Waals surface area (Å²) in [6.07, 6.45) is 1.99. The second kappa shape index (κ2) is 5.79. The Labute approximate surface area is 132 Å². The van der Waals surface area contributed by atoms with Gasteiger partial charge in [-0.3, -0.25) is 0 Å². The Bertz CT molecular complexity index is 793. The normalized spacial score (nSPS) is 16.0. The number of benzene rings is 1. The minimum atomic E-state index is -0.213. The average Bonchev–Trinajstić information content (AvgIpc) is 3.05. The van der Waals surface area contributed by atoms with Gasteiger partial charge in [0.15, 0.2) is 11.5 Å². The Morgan fingerprint density at radius 1 is 1.04 bits per heavy atom. The predicted octanol–water partition coefficient (Wildman–Crippen LogP) is 1.74. The van der Waals surface area contributed by atoms with Crippen molar-refractivity contribution in [2.45, 2.75) is 18.9 Å². The fourth-order valence-corrected chi connectivity index (χ4v) is 2.84. The number of nitrogens with zero attached hydrogens (tertiary/aromatic N) is 6. The lowest BCUT2D eigenvalue weighted by atomic mass is 10.0. The van der Waals surface area contributed by atoms with E-state index in [1.807, 2.05) is 12.1 Å². The standard InChI is InChI=1S/C15H16FN7/c16-11-1-3-12(4-2-11)17-13-7-9-22(10-8-13)15-6-5-14-18-20-21-23(14)19-15/h1-6,13,17H,7-10H2. The lowest BCUT2D eigenvalue weighted by Crippen LogP contribution is -2.39. The molecule has 1 N–H and O–H groups in total. The minimum Gasteiger partial charge on any atom is -0.382 e. The number of hydrogen-bond acceptors (Lipinski definition) is 6. The van der Waals surface area contributed by atoms with Gasteiger partial charge in [-0.2, -0.15) is 0 Å². The highest BCUT2D eigenvalue weighted by Gasteiger charge is 2.20. The summed E-state index contributed by atoms with van der Waals surface area (Å²) in [5.74, 6) is 0.666. The van der Waals surface area contributed by atoms with Crippen molar-refractivity contribution in [3.05, 3.63) is 42.2 Å². The summed E-state index contributed by atoms with van der Waals surface area (Å²) >= 11 is 0. The summed E-state index contributed by atoms with van der Waals surface area (Å²) in [5, 5.41) is 19.2. The summed E-state index contributed by atoms with van der Waals surface area (Å²) < 4.78 is 14.4. The third-order valence-electron chi connectivity index (χ3n) is 4.09. The van der Waals surface area contributed by atoms with E-state index in [-0.39, 0.29) is 5.82 Å². The molecule has 23 heavy (non-hydrogen) atoms. The van der Waals surface area contributed by atoms with Crippen molar-refractivity contribution >= 4 is 17.2 Å². The van der Waals surface area contributed by atoms with Gasteiger partial charge in [-0.05, 0) is 59.7 Å². The molecule has 1 fully saturated rings. The summed E-state index contributed by atoms with van der Waals surface area (Å²) in [6, 6.07) is 10.7. The molecule has 0 spiro atoms. The monoisotopic (exact) mass is 313 g/mol. The van der Waals surface area contributed by atoms with Gasteiger partial charge >= 0.3 is 0 Å². The Morgan fingerprint density at radius 3 is 2.61 bits per heavy atom. The molecule has 1 aromatic carbocycles. The van der Waals surface area contributed by atoms with E-state index >= 15 is 0 Å². The molecular weight excluding hydrogens is 297 g/mol. The molecule has 7 nitrogen and oxygen atoms in total. The number of rotatable bonds is 3. The SMILES string of the molecule is Fc1ccc(NC2CCN(c3ccc4nnnn4n3)CC2)cc1. The first kappa shape index (κ1) is 13.9. The quantitative estimate of drug-likeness (QED) is 0.794. The van der Waals surface area contributed by atoms with Crippen LogP contribution < -0.4 is 10.2 Å². The first-order valence-corrected chi connectivity index (χ1v) is 7.60. The van der Waals surface area contributed by atoms with E-state index in [0.717, 1.165) is 37.4 Å². The van der Waals surface area contributed by atoms with Gasteiger partial charge in [0.25, 0.3) is 0 Å². The Balaban J connectivity index is 1.39. The van der Waals surface area contributed by atoms with Crippen molar-refractivity contribution in [3.8, 4) is 0 Å². The van der Waals surface area contributed by atoms with E-state index in [0.29, 0.717) is 11.7 Å². The van der Waals surface area contributed by atoms with E-state index in [1.165, 1.54) is 16.8 Å². The molecule has 1 saturated heterocycles. The van der Waals surface area contributed by atoms with Crippen molar-refractivity contribution in [1.82, 2.24) is 25.3 Å². The van der Waals surface area contributed by atoms with Crippen LogP contribution in [-0.2, 0) is 0 Å². The molecule has 0 atom stereocenters. The van der Waals surface area contributed by atoms with Crippen LogP contribution in [0.5, 0.6) is 0 Å². The minimum absolute atomic E-state index is 0.213. The third-order valence-corrected chi connectivity index (χ3v) is 4.09. The van der Waals surface area contributed by atoms with E-state index < -0.39 is 0 Å². The van der Waals surface area contributed by atoms with Crippen molar-refractivity contribution in [2.75, 3.05) is 23.3 Å². The molecule has 4 rings (SSSR count). The molecule has 0 bridgehead atoms. The molecule has 1 aliphatic heterocycles. The van der Waals surface area contributed by atoms with Crippen LogP contribution in [-0.4, -0.2) is 44.4 Å². The summed E-state index contributed by atoms with van der Waals surface area (Å²) in [7, 11) is 0. The number of tetrazole rings is 1. The molecule has 0 radical (unpaired) electrons. The maximum Gasteiger partial charge on any atom is 0.200 e. The number of halogens is 1. The molecule has 3 aromatic rings. The smallest absolute Gasteiger partial charge is 0.200 e. The van der Waals surface area contributed by atoms with Crippen molar-refractivity contribution in [2.24, 2.45) is 0 Å². The summed E-state index contributed by atoms with van der Waals surface area (Å²) in [6.45, 7) is 1.80.